The fraction of sp³-hybridized carbons (Fsp3) is 0.188. The van der Waals surface area contributed by atoms with Crippen molar-refractivity contribution >= 4 is 33.4 Å². The summed E-state index contributed by atoms with van der Waals surface area (Å²) in [5.74, 6) is -0.247. The molecule has 0 saturated carbocycles. The van der Waals surface area contributed by atoms with E-state index in [4.69, 9.17) is 4.52 Å². The monoisotopic (exact) mass is 425 g/mol. The van der Waals surface area contributed by atoms with E-state index in [1.807, 2.05) is 0 Å². The first kappa shape index (κ1) is 17.6. The van der Waals surface area contributed by atoms with Crippen molar-refractivity contribution in [2.45, 2.75) is 19.4 Å². The number of hydrogen-bond acceptors (Lipinski definition) is 5. The second kappa shape index (κ2) is 6.57. The predicted octanol–water partition coefficient (Wildman–Crippen LogP) is 4.54. The molecule has 2 N–H and O–H groups in total. The van der Waals surface area contributed by atoms with E-state index in [-0.39, 0.29) is 5.56 Å². The standard InChI is InChI=1S/C16H13BrFN3O3S/c1-8-12(13(24-21-8)11-7-25-14(17)19-11)16(2,20-15(22)23)9-5-3-4-6-10(9)18/h3-7,20H,1-2H3,(H,22,23). The summed E-state index contributed by atoms with van der Waals surface area (Å²) >= 11 is 4.63. The zero-order valence-corrected chi connectivity index (χ0v) is 15.6. The smallest absolute Gasteiger partial charge is 0.405 e. The van der Waals surface area contributed by atoms with Gasteiger partial charge in [-0.25, -0.2) is 14.2 Å². The second-order valence-electron chi connectivity index (χ2n) is 5.49. The fourth-order valence-corrected chi connectivity index (χ4v) is 3.83. The van der Waals surface area contributed by atoms with Gasteiger partial charge in [-0.05, 0) is 35.8 Å². The Morgan fingerprint density at radius 1 is 1.44 bits per heavy atom. The summed E-state index contributed by atoms with van der Waals surface area (Å²) in [5.41, 5.74) is 0.102. The van der Waals surface area contributed by atoms with E-state index in [0.29, 0.717) is 26.6 Å². The maximum Gasteiger partial charge on any atom is 0.405 e. The van der Waals surface area contributed by atoms with Crippen molar-refractivity contribution in [2.24, 2.45) is 0 Å². The largest absolute Gasteiger partial charge is 0.465 e. The van der Waals surface area contributed by atoms with Crippen LogP contribution in [0.4, 0.5) is 9.18 Å². The summed E-state index contributed by atoms with van der Waals surface area (Å²) in [4.78, 5) is 15.7. The van der Waals surface area contributed by atoms with Crippen LogP contribution in [0.1, 0.15) is 23.7 Å². The van der Waals surface area contributed by atoms with Gasteiger partial charge in [0.05, 0.1) is 16.8 Å². The lowest BCUT2D eigenvalue weighted by molar-refractivity contribution is 0.184. The van der Waals surface area contributed by atoms with E-state index in [1.165, 1.54) is 23.5 Å². The number of halogens is 2. The molecule has 0 aliphatic heterocycles. The van der Waals surface area contributed by atoms with Crippen molar-refractivity contribution in [1.82, 2.24) is 15.5 Å². The molecule has 3 rings (SSSR count). The van der Waals surface area contributed by atoms with Crippen molar-refractivity contribution in [3.63, 3.8) is 0 Å². The van der Waals surface area contributed by atoms with Crippen LogP contribution < -0.4 is 5.32 Å². The van der Waals surface area contributed by atoms with Crippen molar-refractivity contribution in [1.29, 1.82) is 0 Å². The third kappa shape index (κ3) is 3.16. The average Bonchev–Trinajstić information content (AvgIpc) is 3.13. The van der Waals surface area contributed by atoms with Crippen LogP contribution in [0, 0.1) is 12.7 Å². The molecule has 0 aliphatic carbocycles. The molecule has 0 aliphatic rings. The normalized spacial score (nSPS) is 13.4. The maximum atomic E-state index is 14.5. The van der Waals surface area contributed by atoms with E-state index < -0.39 is 17.4 Å². The molecule has 0 radical (unpaired) electrons. The lowest BCUT2D eigenvalue weighted by Gasteiger charge is -2.30. The lowest BCUT2D eigenvalue weighted by atomic mass is 9.82. The van der Waals surface area contributed by atoms with Gasteiger partial charge in [-0.15, -0.1) is 11.3 Å². The van der Waals surface area contributed by atoms with Crippen LogP contribution in [-0.4, -0.2) is 21.3 Å². The van der Waals surface area contributed by atoms with Crippen LogP contribution in [0.5, 0.6) is 0 Å². The summed E-state index contributed by atoms with van der Waals surface area (Å²) in [6, 6.07) is 5.98. The van der Waals surface area contributed by atoms with Crippen molar-refractivity contribution in [2.75, 3.05) is 0 Å². The highest BCUT2D eigenvalue weighted by atomic mass is 79.9. The van der Waals surface area contributed by atoms with Crippen LogP contribution >= 0.6 is 27.3 Å². The minimum Gasteiger partial charge on any atom is -0.465 e. The Hall–Kier alpha value is -2.26. The van der Waals surface area contributed by atoms with E-state index >= 15 is 0 Å². The van der Waals surface area contributed by atoms with Gasteiger partial charge >= 0.3 is 6.09 Å². The van der Waals surface area contributed by atoms with Gasteiger partial charge in [0.2, 0.25) is 0 Å². The summed E-state index contributed by atoms with van der Waals surface area (Å²) in [6.45, 7) is 3.25. The van der Waals surface area contributed by atoms with Gasteiger partial charge < -0.3 is 14.9 Å². The zero-order valence-electron chi connectivity index (χ0n) is 13.2. The first-order valence-electron chi connectivity index (χ1n) is 7.17. The maximum absolute atomic E-state index is 14.5. The molecule has 0 bridgehead atoms. The Bertz CT molecular complexity index is 942. The number of aromatic nitrogens is 2. The van der Waals surface area contributed by atoms with Gasteiger partial charge in [-0.1, -0.05) is 23.4 Å². The quantitative estimate of drug-likeness (QED) is 0.640. The number of hydrogen-bond donors (Lipinski definition) is 2. The first-order chi connectivity index (χ1) is 11.8. The summed E-state index contributed by atoms with van der Waals surface area (Å²) < 4.78 is 20.5. The van der Waals surface area contributed by atoms with Crippen LogP contribution in [0.3, 0.4) is 0 Å². The third-order valence-corrected chi connectivity index (χ3v) is 5.21. The van der Waals surface area contributed by atoms with E-state index in [2.05, 4.69) is 31.4 Å². The minimum atomic E-state index is -1.41. The van der Waals surface area contributed by atoms with Crippen LogP contribution in [0.25, 0.3) is 11.5 Å². The van der Waals surface area contributed by atoms with Gasteiger partial charge in [0.25, 0.3) is 0 Å². The highest BCUT2D eigenvalue weighted by molar-refractivity contribution is 9.11. The Balaban J connectivity index is 2.27. The zero-order chi connectivity index (χ0) is 18.2. The van der Waals surface area contributed by atoms with Crippen molar-refractivity contribution in [3.05, 3.63) is 56.2 Å². The molecule has 1 amide bonds. The molecule has 1 atom stereocenters. The summed E-state index contributed by atoms with van der Waals surface area (Å²) in [6.07, 6.45) is -1.29. The Morgan fingerprint density at radius 2 is 2.16 bits per heavy atom. The van der Waals surface area contributed by atoms with Crippen molar-refractivity contribution < 1.29 is 18.8 Å². The number of nitrogens with zero attached hydrogens (tertiary/aromatic N) is 2. The second-order valence-corrected chi connectivity index (χ2v) is 7.63. The van der Waals surface area contributed by atoms with Crippen LogP contribution in [0.2, 0.25) is 0 Å². The number of amides is 1. The van der Waals surface area contributed by atoms with Crippen LogP contribution in [0.15, 0.2) is 38.1 Å². The topological polar surface area (TPSA) is 88.3 Å². The molecule has 0 saturated heterocycles. The van der Waals surface area contributed by atoms with Crippen LogP contribution in [-0.2, 0) is 5.54 Å². The van der Waals surface area contributed by atoms with Gasteiger partial charge in [-0.3, -0.25) is 0 Å². The Kier molecular flexibility index (Phi) is 4.61. The Labute approximate surface area is 154 Å². The molecule has 25 heavy (non-hydrogen) atoms. The van der Waals surface area contributed by atoms with Gasteiger partial charge in [0.1, 0.15) is 11.5 Å². The average molecular weight is 426 g/mol. The molecule has 0 spiro atoms. The predicted molar refractivity (Wildman–Crippen MR) is 94.1 cm³/mol. The molecule has 0 fully saturated rings. The minimum absolute atomic E-state index is 0.166. The van der Waals surface area contributed by atoms with E-state index in [0.717, 1.165) is 0 Å². The highest BCUT2D eigenvalue weighted by Crippen LogP contribution is 2.40. The molecular weight excluding hydrogens is 413 g/mol. The molecule has 9 heteroatoms. The number of benzene rings is 1. The number of carbonyl (C=O) groups is 1. The van der Waals surface area contributed by atoms with Crippen molar-refractivity contribution in [3.8, 4) is 11.5 Å². The number of aryl methyl sites for hydroxylation is 1. The molecule has 1 aromatic carbocycles. The lowest BCUT2D eigenvalue weighted by Crippen LogP contribution is -2.45. The first-order valence-corrected chi connectivity index (χ1v) is 8.84. The molecule has 2 heterocycles. The molecule has 130 valence electrons. The van der Waals surface area contributed by atoms with Gasteiger partial charge in [0.15, 0.2) is 9.68 Å². The molecule has 6 nitrogen and oxygen atoms in total. The van der Waals surface area contributed by atoms with Gasteiger partial charge in [0, 0.05) is 10.9 Å². The highest BCUT2D eigenvalue weighted by Gasteiger charge is 2.40. The molecule has 1 unspecified atom stereocenters. The number of rotatable bonds is 4. The number of thiazole rings is 1. The summed E-state index contributed by atoms with van der Waals surface area (Å²) in [5, 5.41) is 17.5. The summed E-state index contributed by atoms with van der Waals surface area (Å²) in [7, 11) is 0. The third-order valence-electron chi connectivity index (χ3n) is 3.84. The SMILES string of the molecule is Cc1noc(-c2csc(Br)n2)c1C(C)(NC(=O)O)c1ccccc1F. The molecular formula is C16H13BrFN3O3S. The fourth-order valence-electron chi connectivity index (χ4n) is 2.83. The number of nitrogens with one attached hydrogen (secondary N) is 1. The molecule has 3 aromatic rings. The van der Waals surface area contributed by atoms with E-state index in [1.54, 1.807) is 31.4 Å². The van der Waals surface area contributed by atoms with E-state index in [9.17, 15) is 14.3 Å². The Morgan fingerprint density at radius 3 is 2.76 bits per heavy atom. The number of carboxylic acid groups (broad SMARTS) is 1. The molecule has 2 aromatic heterocycles. The van der Waals surface area contributed by atoms with Gasteiger partial charge in [-0.2, -0.15) is 0 Å².